The summed E-state index contributed by atoms with van der Waals surface area (Å²) in [6.07, 6.45) is 0. The number of esters is 2. The Morgan fingerprint density at radius 2 is 1.58 bits per heavy atom. The van der Waals surface area contributed by atoms with Crippen LogP contribution in [0, 0.1) is 13.8 Å². The van der Waals surface area contributed by atoms with Crippen LogP contribution in [0.3, 0.4) is 0 Å². The summed E-state index contributed by atoms with van der Waals surface area (Å²) in [4.78, 5) is 39.2. The lowest BCUT2D eigenvalue weighted by atomic mass is 10.1. The maximum Gasteiger partial charge on any atom is 0.344 e. The molecule has 0 aliphatic carbocycles. The number of Topliss-reactive ketones (excluding diaryl/α,β-unsaturated/α-hetero) is 1. The molecular weight excluding hydrogens is 338 g/mol. The van der Waals surface area contributed by atoms with E-state index in [1.807, 2.05) is 6.07 Å². The van der Waals surface area contributed by atoms with Crippen LogP contribution in [0.1, 0.15) is 39.0 Å². The minimum Gasteiger partial charge on any atom is -0.482 e. The average molecular weight is 359 g/mol. The third kappa shape index (κ3) is 4.72. The molecule has 0 spiro atoms. The van der Waals surface area contributed by atoms with Gasteiger partial charge in [0.2, 0.25) is 5.78 Å². The number of para-hydroxylation sites is 1. The van der Waals surface area contributed by atoms with Crippen molar-refractivity contribution in [1.82, 2.24) is 4.98 Å². The first-order chi connectivity index (χ1) is 12.4. The molecule has 0 saturated heterocycles. The van der Waals surface area contributed by atoms with Crippen LogP contribution in [0.2, 0.25) is 0 Å². The fourth-order valence-electron chi connectivity index (χ4n) is 2.51. The quantitative estimate of drug-likeness (QED) is 0.575. The predicted molar refractivity (Wildman–Crippen MR) is 93.4 cm³/mol. The van der Waals surface area contributed by atoms with Crippen LogP contribution in [0.25, 0.3) is 0 Å². The highest BCUT2D eigenvalue weighted by atomic mass is 16.6. The second kappa shape index (κ2) is 8.84. The molecule has 0 bridgehead atoms. The number of hydrogen-bond donors (Lipinski definition) is 1. The molecule has 0 unspecified atom stereocenters. The zero-order valence-electron chi connectivity index (χ0n) is 15.0. The largest absolute Gasteiger partial charge is 0.482 e. The molecule has 7 heteroatoms. The molecule has 1 aromatic heterocycles. The van der Waals surface area contributed by atoms with Crippen LogP contribution in [0.4, 0.5) is 0 Å². The second-order valence-electron chi connectivity index (χ2n) is 5.53. The molecule has 0 atom stereocenters. The Bertz CT molecular complexity index is 794. The first-order valence-electron chi connectivity index (χ1n) is 8.17. The molecule has 2 rings (SSSR count). The maximum atomic E-state index is 12.4. The molecular formula is C19H21NO6. The van der Waals surface area contributed by atoms with E-state index in [1.54, 1.807) is 45.0 Å². The summed E-state index contributed by atoms with van der Waals surface area (Å²) in [5, 5.41) is 0. The van der Waals surface area contributed by atoms with Crippen molar-refractivity contribution in [2.75, 3.05) is 19.8 Å². The Morgan fingerprint density at radius 3 is 2.23 bits per heavy atom. The van der Waals surface area contributed by atoms with Gasteiger partial charge in [0.05, 0.1) is 17.7 Å². The van der Waals surface area contributed by atoms with Crippen LogP contribution in [0.5, 0.6) is 5.75 Å². The number of carbonyl (C=O) groups is 3. The van der Waals surface area contributed by atoms with E-state index in [-0.39, 0.29) is 24.3 Å². The van der Waals surface area contributed by atoms with E-state index in [9.17, 15) is 14.4 Å². The van der Waals surface area contributed by atoms with E-state index in [2.05, 4.69) is 4.98 Å². The van der Waals surface area contributed by atoms with Crippen molar-refractivity contribution in [2.24, 2.45) is 0 Å². The van der Waals surface area contributed by atoms with Crippen molar-refractivity contribution >= 4 is 17.7 Å². The highest BCUT2D eigenvalue weighted by Gasteiger charge is 2.26. The number of ketones is 1. The SMILES string of the molecule is CCOC(=O)c1c(C)[nH]c(C)c1C(=O)COC(=O)COc1ccccc1. The van der Waals surface area contributed by atoms with Gasteiger partial charge < -0.3 is 19.2 Å². The first-order valence-corrected chi connectivity index (χ1v) is 8.17. The van der Waals surface area contributed by atoms with Crippen molar-refractivity contribution in [3.63, 3.8) is 0 Å². The van der Waals surface area contributed by atoms with E-state index in [0.717, 1.165) is 0 Å². The summed E-state index contributed by atoms with van der Waals surface area (Å²) in [5.41, 5.74) is 1.40. The molecule has 0 aliphatic heterocycles. The van der Waals surface area contributed by atoms with Crippen molar-refractivity contribution in [3.8, 4) is 5.75 Å². The molecule has 2 aromatic rings. The topological polar surface area (TPSA) is 94.7 Å². The third-order valence-electron chi connectivity index (χ3n) is 3.60. The van der Waals surface area contributed by atoms with Gasteiger partial charge in [0.15, 0.2) is 13.2 Å². The number of ether oxygens (including phenoxy) is 3. The molecule has 0 aliphatic rings. The number of hydrogen-bond acceptors (Lipinski definition) is 6. The lowest BCUT2D eigenvalue weighted by Gasteiger charge is -2.08. The zero-order valence-corrected chi connectivity index (χ0v) is 15.0. The van der Waals surface area contributed by atoms with Crippen LogP contribution >= 0.6 is 0 Å². The minimum absolute atomic E-state index is 0.172. The van der Waals surface area contributed by atoms with Crippen LogP contribution in [-0.2, 0) is 14.3 Å². The van der Waals surface area contributed by atoms with E-state index >= 15 is 0 Å². The molecule has 0 radical (unpaired) electrons. The summed E-state index contributed by atoms with van der Waals surface area (Å²) in [7, 11) is 0. The highest BCUT2D eigenvalue weighted by molar-refractivity contribution is 6.09. The average Bonchev–Trinajstić information content (AvgIpc) is 2.93. The number of rotatable bonds is 8. The van der Waals surface area contributed by atoms with Crippen molar-refractivity contribution < 1.29 is 28.6 Å². The fraction of sp³-hybridized carbons (Fsp3) is 0.316. The standard InChI is InChI=1S/C19H21NO6/c1-4-24-19(23)18-13(3)20-12(2)17(18)15(21)10-26-16(22)11-25-14-8-6-5-7-9-14/h5-9,20H,4,10-11H2,1-3H3. The van der Waals surface area contributed by atoms with Crippen molar-refractivity contribution in [2.45, 2.75) is 20.8 Å². The molecule has 26 heavy (non-hydrogen) atoms. The summed E-state index contributed by atoms with van der Waals surface area (Å²) in [6.45, 7) is 4.43. The third-order valence-corrected chi connectivity index (χ3v) is 3.60. The van der Waals surface area contributed by atoms with Gasteiger partial charge in [-0.25, -0.2) is 9.59 Å². The van der Waals surface area contributed by atoms with Crippen LogP contribution in [0.15, 0.2) is 30.3 Å². The molecule has 0 amide bonds. The molecule has 1 N–H and O–H groups in total. The maximum absolute atomic E-state index is 12.4. The number of nitrogens with one attached hydrogen (secondary N) is 1. The summed E-state index contributed by atoms with van der Waals surface area (Å²) >= 11 is 0. The first kappa shape index (κ1) is 19.2. The highest BCUT2D eigenvalue weighted by Crippen LogP contribution is 2.20. The van der Waals surface area contributed by atoms with Gasteiger partial charge in [0.25, 0.3) is 0 Å². The molecule has 1 aromatic carbocycles. The number of aryl methyl sites for hydroxylation is 2. The number of benzene rings is 1. The smallest absolute Gasteiger partial charge is 0.344 e. The number of aromatic amines is 1. The minimum atomic E-state index is -0.676. The summed E-state index contributed by atoms with van der Waals surface area (Å²) < 4.78 is 15.2. The Hall–Kier alpha value is -3.09. The predicted octanol–water partition coefficient (Wildman–Crippen LogP) is 2.61. The van der Waals surface area contributed by atoms with E-state index < -0.39 is 24.3 Å². The molecule has 0 saturated carbocycles. The molecule has 1 heterocycles. The van der Waals surface area contributed by atoms with Gasteiger partial charge in [-0.1, -0.05) is 18.2 Å². The number of carbonyl (C=O) groups excluding carboxylic acids is 3. The van der Waals surface area contributed by atoms with Gasteiger partial charge in [-0.15, -0.1) is 0 Å². The van der Waals surface area contributed by atoms with E-state index in [4.69, 9.17) is 14.2 Å². The molecule has 138 valence electrons. The Labute approximate surface area is 151 Å². The Kier molecular flexibility index (Phi) is 6.54. The van der Waals surface area contributed by atoms with E-state index in [0.29, 0.717) is 17.1 Å². The Balaban J connectivity index is 1.97. The van der Waals surface area contributed by atoms with Gasteiger partial charge >= 0.3 is 11.9 Å². The van der Waals surface area contributed by atoms with Gasteiger partial charge in [0, 0.05) is 11.4 Å². The van der Waals surface area contributed by atoms with Gasteiger partial charge in [-0.3, -0.25) is 4.79 Å². The molecule has 7 nitrogen and oxygen atoms in total. The zero-order chi connectivity index (χ0) is 19.1. The van der Waals surface area contributed by atoms with Crippen molar-refractivity contribution in [1.29, 1.82) is 0 Å². The van der Waals surface area contributed by atoms with Crippen LogP contribution in [-0.4, -0.2) is 42.5 Å². The molecule has 0 fully saturated rings. The summed E-state index contributed by atoms with van der Waals surface area (Å²) in [6, 6.07) is 8.79. The van der Waals surface area contributed by atoms with Gasteiger partial charge in [-0.2, -0.15) is 0 Å². The van der Waals surface area contributed by atoms with Gasteiger partial charge in [-0.05, 0) is 32.9 Å². The van der Waals surface area contributed by atoms with Crippen molar-refractivity contribution in [3.05, 3.63) is 52.8 Å². The second-order valence-corrected chi connectivity index (χ2v) is 5.53. The van der Waals surface area contributed by atoms with Crippen LogP contribution < -0.4 is 4.74 Å². The summed E-state index contributed by atoms with van der Waals surface area (Å²) in [5.74, 6) is -1.22. The lowest BCUT2D eigenvalue weighted by molar-refractivity contribution is -0.144. The van der Waals surface area contributed by atoms with Gasteiger partial charge in [0.1, 0.15) is 5.75 Å². The van der Waals surface area contributed by atoms with E-state index in [1.165, 1.54) is 0 Å². The monoisotopic (exact) mass is 359 g/mol. The lowest BCUT2D eigenvalue weighted by Crippen LogP contribution is -2.21. The fourth-order valence-corrected chi connectivity index (χ4v) is 2.51. The normalized spacial score (nSPS) is 10.3. The number of aromatic nitrogens is 1. The number of H-pyrrole nitrogens is 1. The Morgan fingerprint density at radius 1 is 0.923 bits per heavy atom.